The van der Waals surface area contributed by atoms with Gasteiger partial charge in [-0.15, -0.1) is 0 Å². The number of nitrogens with one attached hydrogen (secondary N) is 1. The van der Waals surface area contributed by atoms with Crippen LogP contribution in [0.5, 0.6) is 0 Å². The van der Waals surface area contributed by atoms with Crippen molar-refractivity contribution in [3.63, 3.8) is 0 Å². The summed E-state index contributed by atoms with van der Waals surface area (Å²) < 4.78 is 31.7. The van der Waals surface area contributed by atoms with E-state index < -0.39 is 10.1 Å². The van der Waals surface area contributed by atoms with Crippen molar-refractivity contribution in [3.8, 4) is 0 Å². The Bertz CT molecular complexity index is 419. The van der Waals surface area contributed by atoms with Gasteiger partial charge in [0.15, 0.2) is 0 Å². The van der Waals surface area contributed by atoms with Crippen LogP contribution in [0.3, 0.4) is 0 Å². The van der Waals surface area contributed by atoms with Gasteiger partial charge in [0.1, 0.15) is 10.1 Å². The summed E-state index contributed by atoms with van der Waals surface area (Å²) in [6, 6.07) is 3.93. The third-order valence-electron chi connectivity index (χ3n) is 1.64. The van der Waals surface area contributed by atoms with Crippen LogP contribution in [0.1, 0.15) is 5.56 Å². The van der Waals surface area contributed by atoms with Crippen LogP contribution in [0.15, 0.2) is 23.1 Å². The van der Waals surface area contributed by atoms with E-state index in [0.717, 1.165) is 0 Å². The van der Waals surface area contributed by atoms with E-state index in [0.29, 0.717) is 11.3 Å². The Kier molecular flexibility index (Phi) is 4.64. The number of hydrogen-bond donors (Lipinski definition) is 2. The zero-order valence-electron chi connectivity index (χ0n) is 7.94. The number of aryl methyl sites for hydroxylation is 1. The van der Waals surface area contributed by atoms with Crippen LogP contribution in [-0.4, -0.2) is 13.0 Å². The molecule has 0 heterocycles. The van der Waals surface area contributed by atoms with Gasteiger partial charge in [0, 0.05) is 0 Å². The van der Waals surface area contributed by atoms with Crippen LogP contribution in [-0.2, 0) is 10.1 Å². The Morgan fingerprint density at radius 1 is 1.43 bits per heavy atom. The molecule has 0 fully saturated rings. The summed E-state index contributed by atoms with van der Waals surface area (Å²) in [7, 11) is -4.37. The van der Waals surface area contributed by atoms with Crippen molar-refractivity contribution < 1.29 is 31.8 Å². The van der Waals surface area contributed by atoms with Crippen LogP contribution in [0.2, 0.25) is 0 Å². The Balaban J connectivity index is 0.00000169. The van der Waals surface area contributed by atoms with Gasteiger partial charge in [0.05, 0.1) is 10.6 Å². The standard InChI is InChI=1S/C7H10N2O3S.Li/c1-5-4-6(13(10,11)12)2-3-7(5)9-8;/h2-4,9H,8H2,1H3,(H,10,11,12);/q;+1/p-1. The zero-order valence-corrected chi connectivity index (χ0v) is 8.76. The number of nitrogen functional groups attached to an aromatic ring is 1. The van der Waals surface area contributed by atoms with Crippen LogP contribution in [0.25, 0.3) is 0 Å². The summed E-state index contributed by atoms with van der Waals surface area (Å²) in [5.41, 5.74) is 3.58. The second kappa shape index (κ2) is 4.82. The number of rotatable bonds is 2. The van der Waals surface area contributed by atoms with Crippen molar-refractivity contribution >= 4 is 15.8 Å². The van der Waals surface area contributed by atoms with E-state index in [1.54, 1.807) is 6.92 Å². The van der Waals surface area contributed by atoms with E-state index in [2.05, 4.69) is 5.43 Å². The summed E-state index contributed by atoms with van der Waals surface area (Å²) in [4.78, 5) is -0.246. The largest absolute Gasteiger partial charge is 1.00 e. The molecule has 0 radical (unpaired) electrons. The van der Waals surface area contributed by atoms with E-state index in [-0.39, 0.29) is 23.8 Å². The summed E-state index contributed by atoms with van der Waals surface area (Å²) >= 11 is 0. The molecule has 0 spiro atoms. The molecule has 72 valence electrons. The quantitative estimate of drug-likeness (QED) is 0.237. The van der Waals surface area contributed by atoms with Crippen molar-refractivity contribution in [1.82, 2.24) is 0 Å². The average molecular weight is 208 g/mol. The normalized spacial score (nSPS) is 10.5. The fourth-order valence-corrected chi connectivity index (χ4v) is 1.51. The first-order valence-electron chi connectivity index (χ1n) is 3.48. The average Bonchev–Trinajstić information content (AvgIpc) is 2.02. The van der Waals surface area contributed by atoms with E-state index >= 15 is 0 Å². The molecule has 14 heavy (non-hydrogen) atoms. The van der Waals surface area contributed by atoms with E-state index in [9.17, 15) is 13.0 Å². The first kappa shape index (κ1) is 13.5. The molecule has 0 saturated heterocycles. The van der Waals surface area contributed by atoms with Gasteiger partial charge in [0.2, 0.25) is 0 Å². The van der Waals surface area contributed by atoms with E-state index in [1.165, 1.54) is 18.2 Å². The van der Waals surface area contributed by atoms with Crippen molar-refractivity contribution in [2.24, 2.45) is 5.84 Å². The Morgan fingerprint density at radius 2 is 2.00 bits per heavy atom. The van der Waals surface area contributed by atoms with Crippen molar-refractivity contribution in [2.45, 2.75) is 11.8 Å². The maximum absolute atomic E-state index is 10.6. The fraction of sp³-hybridized carbons (Fsp3) is 0.143. The Hall–Kier alpha value is -0.513. The molecule has 1 rings (SSSR count). The smallest absolute Gasteiger partial charge is 0.744 e. The van der Waals surface area contributed by atoms with E-state index in [1.807, 2.05) is 0 Å². The van der Waals surface area contributed by atoms with Gasteiger partial charge in [-0.3, -0.25) is 5.84 Å². The predicted molar refractivity (Wildman–Crippen MR) is 47.0 cm³/mol. The second-order valence-corrected chi connectivity index (χ2v) is 3.95. The van der Waals surface area contributed by atoms with Crippen LogP contribution in [0, 0.1) is 6.92 Å². The monoisotopic (exact) mass is 208 g/mol. The first-order valence-corrected chi connectivity index (χ1v) is 4.89. The van der Waals surface area contributed by atoms with Crippen LogP contribution in [0.4, 0.5) is 5.69 Å². The maximum Gasteiger partial charge on any atom is 1.00 e. The second-order valence-electron chi connectivity index (χ2n) is 2.58. The summed E-state index contributed by atoms with van der Waals surface area (Å²) in [6.07, 6.45) is 0. The molecule has 0 unspecified atom stereocenters. The van der Waals surface area contributed by atoms with Crippen molar-refractivity contribution in [1.29, 1.82) is 0 Å². The number of anilines is 1. The molecular formula is C7H9LiN2O3S. The number of hydrazine groups is 1. The zero-order chi connectivity index (χ0) is 10.1. The molecule has 0 aliphatic heterocycles. The molecule has 5 nitrogen and oxygen atoms in total. The number of hydrogen-bond acceptors (Lipinski definition) is 5. The number of nitrogens with two attached hydrogens (primary N) is 1. The first-order chi connectivity index (χ1) is 5.95. The molecule has 1 aromatic rings. The molecular weight excluding hydrogens is 199 g/mol. The van der Waals surface area contributed by atoms with E-state index in [4.69, 9.17) is 5.84 Å². The SMILES string of the molecule is Cc1cc(S(=O)(=O)[O-])ccc1NN.[Li+]. The Labute approximate surface area is 94.6 Å². The van der Waals surface area contributed by atoms with Gasteiger partial charge in [-0.2, -0.15) is 0 Å². The van der Waals surface area contributed by atoms with Crippen LogP contribution >= 0.6 is 0 Å². The van der Waals surface area contributed by atoms with Gasteiger partial charge in [-0.1, -0.05) is 0 Å². The fourth-order valence-electron chi connectivity index (χ4n) is 0.954. The molecule has 1 aromatic carbocycles. The third kappa shape index (κ3) is 3.01. The van der Waals surface area contributed by atoms with Crippen LogP contribution < -0.4 is 30.1 Å². The minimum atomic E-state index is -4.37. The van der Waals surface area contributed by atoms with Gasteiger partial charge >= 0.3 is 18.9 Å². The molecule has 0 aliphatic carbocycles. The molecule has 0 saturated carbocycles. The summed E-state index contributed by atoms with van der Waals surface area (Å²) in [5.74, 6) is 5.13. The van der Waals surface area contributed by atoms with Gasteiger partial charge in [0.25, 0.3) is 0 Å². The molecule has 0 aromatic heterocycles. The molecule has 0 amide bonds. The molecule has 3 N–H and O–H groups in total. The summed E-state index contributed by atoms with van der Waals surface area (Å²) in [6.45, 7) is 1.66. The molecule has 0 atom stereocenters. The Morgan fingerprint density at radius 3 is 2.36 bits per heavy atom. The number of benzene rings is 1. The van der Waals surface area contributed by atoms with Crippen molar-refractivity contribution in [3.05, 3.63) is 23.8 Å². The molecule has 0 bridgehead atoms. The van der Waals surface area contributed by atoms with Crippen molar-refractivity contribution in [2.75, 3.05) is 5.43 Å². The molecule has 7 heteroatoms. The summed E-state index contributed by atoms with van der Waals surface area (Å²) in [5, 5.41) is 0. The maximum atomic E-state index is 10.6. The predicted octanol–water partition coefficient (Wildman–Crippen LogP) is -2.81. The minimum Gasteiger partial charge on any atom is -0.744 e. The topological polar surface area (TPSA) is 95.2 Å². The van der Waals surface area contributed by atoms with Gasteiger partial charge < -0.3 is 9.98 Å². The van der Waals surface area contributed by atoms with Gasteiger partial charge in [-0.05, 0) is 30.7 Å². The third-order valence-corrected chi connectivity index (χ3v) is 2.47. The van der Waals surface area contributed by atoms with Gasteiger partial charge in [-0.25, -0.2) is 8.42 Å². The molecule has 0 aliphatic rings. The minimum absolute atomic E-state index is 0.